The molecule has 2 aliphatic heterocycles. The van der Waals surface area contributed by atoms with Gasteiger partial charge < -0.3 is 0 Å². The lowest BCUT2D eigenvalue weighted by Gasteiger charge is -2.26. The maximum absolute atomic E-state index is 12.7. The van der Waals surface area contributed by atoms with Crippen LogP contribution in [0, 0.1) is 11.8 Å². The van der Waals surface area contributed by atoms with Gasteiger partial charge in [-0.3, -0.25) is 4.79 Å². The summed E-state index contributed by atoms with van der Waals surface area (Å²) in [5, 5.41) is 2.69. The molecule has 1 unspecified atom stereocenters. The second kappa shape index (κ2) is 7.21. The normalized spacial score (nSPS) is 20.8. The molecular formula is C17H21N4O2S2+. The Morgan fingerprint density at radius 2 is 2.12 bits per heavy atom. The maximum Gasteiger partial charge on any atom is 0.445 e. The Bertz CT molecular complexity index is 794. The van der Waals surface area contributed by atoms with Gasteiger partial charge in [-0.25, -0.2) is 9.79 Å². The van der Waals surface area contributed by atoms with Crippen LogP contribution in [0.1, 0.15) is 25.1 Å². The van der Waals surface area contributed by atoms with E-state index >= 15 is 0 Å². The molecule has 0 fully saturated rings. The third kappa shape index (κ3) is 3.46. The van der Waals surface area contributed by atoms with Gasteiger partial charge in [0.2, 0.25) is 5.84 Å². The van der Waals surface area contributed by atoms with Crippen molar-refractivity contribution in [2.24, 2.45) is 21.8 Å². The minimum Gasteiger partial charge on any atom is -0.255 e. The van der Waals surface area contributed by atoms with Crippen molar-refractivity contribution >= 4 is 51.8 Å². The van der Waals surface area contributed by atoms with Gasteiger partial charge in [0.05, 0.1) is 19.0 Å². The first-order valence-electron chi connectivity index (χ1n) is 8.16. The lowest BCUT2D eigenvalue weighted by atomic mass is 10.0. The lowest BCUT2D eigenvalue weighted by molar-refractivity contribution is -0.407. The maximum atomic E-state index is 12.7. The van der Waals surface area contributed by atoms with Crippen molar-refractivity contribution < 1.29 is 14.2 Å². The SMILES string of the molecule is CC(C)CCSC1=NC(c2cccs2)=NC2=[N+](C)C(=O)N(C)C(=O)C12. The summed E-state index contributed by atoms with van der Waals surface area (Å²) in [6.07, 6.45) is 1.04. The van der Waals surface area contributed by atoms with E-state index in [9.17, 15) is 9.59 Å². The molecule has 0 saturated carbocycles. The van der Waals surface area contributed by atoms with Crippen LogP contribution in [0.25, 0.3) is 0 Å². The van der Waals surface area contributed by atoms with Crippen LogP contribution >= 0.6 is 23.1 Å². The van der Waals surface area contributed by atoms with E-state index in [0.29, 0.717) is 17.6 Å². The number of carbonyl (C=O) groups is 2. The van der Waals surface area contributed by atoms with Gasteiger partial charge in [0.25, 0.3) is 5.84 Å². The van der Waals surface area contributed by atoms with Crippen LogP contribution in [0.5, 0.6) is 0 Å². The van der Waals surface area contributed by atoms with E-state index < -0.39 is 5.92 Å². The Labute approximate surface area is 155 Å². The molecule has 0 spiro atoms. The molecule has 1 aromatic heterocycles. The molecule has 132 valence electrons. The molecule has 0 radical (unpaired) electrons. The first kappa shape index (κ1) is 18.0. The Morgan fingerprint density at radius 1 is 1.36 bits per heavy atom. The summed E-state index contributed by atoms with van der Waals surface area (Å²) in [4.78, 5) is 36.3. The van der Waals surface area contributed by atoms with E-state index in [0.717, 1.165) is 27.0 Å². The van der Waals surface area contributed by atoms with Gasteiger partial charge in [-0.05, 0) is 29.5 Å². The minimum absolute atomic E-state index is 0.261. The summed E-state index contributed by atoms with van der Waals surface area (Å²) in [5.41, 5.74) is 0. The smallest absolute Gasteiger partial charge is 0.255 e. The van der Waals surface area contributed by atoms with Crippen LogP contribution in [0.3, 0.4) is 0 Å². The number of amides is 3. The lowest BCUT2D eigenvalue weighted by Crippen LogP contribution is -2.54. The van der Waals surface area contributed by atoms with Crippen LogP contribution in [-0.2, 0) is 4.79 Å². The quantitative estimate of drug-likeness (QED) is 0.758. The summed E-state index contributed by atoms with van der Waals surface area (Å²) >= 11 is 3.13. The molecule has 0 aliphatic carbocycles. The van der Waals surface area contributed by atoms with Crippen LogP contribution < -0.4 is 0 Å². The van der Waals surface area contributed by atoms with Crippen molar-refractivity contribution in [1.29, 1.82) is 0 Å². The highest BCUT2D eigenvalue weighted by Gasteiger charge is 2.49. The second-order valence-electron chi connectivity index (χ2n) is 6.42. The summed E-state index contributed by atoms with van der Waals surface area (Å²) in [6.45, 7) is 4.34. The number of aliphatic imine (C=N–C) groups is 2. The average Bonchev–Trinajstić information content (AvgIpc) is 3.11. The molecule has 3 heterocycles. The molecule has 1 aromatic rings. The largest absolute Gasteiger partial charge is 0.445 e. The highest BCUT2D eigenvalue weighted by Crippen LogP contribution is 2.28. The van der Waals surface area contributed by atoms with Crippen molar-refractivity contribution in [3.05, 3.63) is 22.4 Å². The zero-order valence-electron chi connectivity index (χ0n) is 14.7. The molecule has 0 bridgehead atoms. The third-order valence-electron chi connectivity index (χ3n) is 4.12. The zero-order chi connectivity index (χ0) is 18.1. The van der Waals surface area contributed by atoms with Gasteiger partial charge in [-0.1, -0.05) is 24.9 Å². The predicted molar refractivity (Wildman–Crippen MR) is 103 cm³/mol. The monoisotopic (exact) mass is 377 g/mol. The Balaban J connectivity index is 2.03. The molecule has 6 nitrogen and oxygen atoms in total. The molecular weight excluding hydrogens is 356 g/mol. The summed E-state index contributed by atoms with van der Waals surface area (Å²) in [5.74, 6) is 1.66. The highest BCUT2D eigenvalue weighted by atomic mass is 32.2. The van der Waals surface area contributed by atoms with Crippen LogP contribution in [0.15, 0.2) is 27.5 Å². The Morgan fingerprint density at radius 3 is 2.76 bits per heavy atom. The number of urea groups is 1. The number of thioether (sulfide) groups is 1. The number of hydrogen-bond acceptors (Lipinski definition) is 6. The van der Waals surface area contributed by atoms with E-state index in [4.69, 9.17) is 0 Å². The molecule has 1 atom stereocenters. The van der Waals surface area contributed by atoms with E-state index in [-0.39, 0.29) is 11.9 Å². The fourth-order valence-electron chi connectivity index (χ4n) is 2.60. The van der Waals surface area contributed by atoms with Crippen LogP contribution in [0.4, 0.5) is 4.79 Å². The van der Waals surface area contributed by atoms with Crippen molar-refractivity contribution in [3.8, 4) is 0 Å². The molecule has 2 aliphatic rings. The van der Waals surface area contributed by atoms with E-state index in [1.54, 1.807) is 30.1 Å². The molecule has 8 heteroatoms. The summed E-state index contributed by atoms with van der Waals surface area (Å²) in [7, 11) is 3.16. The number of thiophene rings is 1. The van der Waals surface area contributed by atoms with Crippen molar-refractivity contribution in [3.63, 3.8) is 0 Å². The second-order valence-corrected chi connectivity index (χ2v) is 8.49. The number of rotatable bonds is 4. The van der Waals surface area contributed by atoms with Gasteiger partial charge >= 0.3 is 11.9 Å². The van der Waals surface area contributed by atoms with Gasteiger partial charge in [0, 0.05) is 0 Å². The predicted octanol–water partition coefficient (Wildman–Crippen LogP) is 2.94. The van der Waals surface area contributed by atoms with Crippen molar-refractivity contribution in [2.75, 3.05) is 19.8 Å². The summed E-state index contributed by atoms with van der Waals surface area (Å²) in [6, 6.07) is 3.52. The molecule has 0 N–H and O–H groups in total. The van der Waals surface area contributed by atoms with Gasteiger partial charge in [0.15, 0.2) is 5.92 Å². The van der Waals surface area contributed by atoms with E-state index in [1.807, 2.05) is 17.5 Å². The fourth-order valence-corrected chi connectivity index (χ4v) is 4.58. The van der Waals surface area contributed by atoms with E-state index in [1.165, 1.54) is 11.6 Å². The summed E-state index contributed by atoms with van der Waals surface area (Å²) < 4.78 is 1.46. The van der Waals surface area contributed by atoms with E-state index in [2.05, 4.69) is 23.8 Å². The van der Waals surface area contributed by atoms with Crippen molar-refractivity contribution in [2.45, 2.75) is 20.3 Å². The topological polar surface area (TPSA) is 65.1 Å². The number of nitrogens with zero attached hydrogens (tertiary/aromatic N) is 4. The third-order valence-corrected chi connectivity index (χ3v) is 6.05. The molecule has 3 amide bonds. The van der Waals surface area contributed by atoms with Crippen molar-refractivity contribution in [1.82, 2.24) is 4.90 Å². The highest BCUT2D eigenvalue weighted by molar-refractivity contribution is 8.14. The van der Waals surface area contributed by atoms with Crippen LogP contribution in [0.2, 0.25) is 0 Å². The zero-order valence-corrected chi connectivity index (χ0v) is 16.4. The minimum atomic E-state index is -0.589. The number of fused-ring (bicyclic) bond motifs is 1. The number of hydrogen-bond donors (Lipinski definition) is 0. The molecule has 25 heavy (non-hydrogen) atoms. The molecule has 3 rings (SSSR count). The number of imide groups is 1. The number of carbonyl (C=O) groups excluding carboxylic acids is 2. The first-order chi connectivity index (χ1) is 11.9. The fraction of sp³-hybridized carbons (Fsp3) is 0.471. The Kier molecular flexibility index (Phi) is 5.19. The van der Waals surface area contributed by atoms with Gasteiger partial charge in [-0.2, -0.15) is 9.48 Å². The number of amidine groups is 2. The first-order valence-corrected chi connectivity index (χ1v) is 10.0. The molecule has 0 aromatic carbocycles. The van der Waals surface area contributed by atoms with Gasteiger partial charge in [-0.15, -0.1) is 23.1 Å². The Hall–Kier alpha value is -1.80. The average molecular weight is 378 g/mol. The molecule has 0 saturated heterocycles. The van der Waals surface area contributed by atoms with Gasteiger partial charge in [0.1, 0.15) is 5.04 Å². The standard InChI is InChI=1S/C17H21N4O2S2/c1-10(2)7-9-25-15-12-14(20(3)17(23)21(4)16(12)22)18-13(19-15)11-6-5-8-24-11/h5-6,8,10,12H,7,9H2,1-4H3/q+1. The van der Waals surface area contributed by atoms with Crippen LogP contribution in [-0.4, -0.2) is 58.0 Å².